The van der Waals surface area contributed by atoms with E-state index < -0.39 is 0 Å². The minimum atomic E-state index is -0.289. The lowest BCUT2D eigenvalue weighted by molar-refractivity contribution is -0.114. The van der Waals surface area contributed by atoms with Crippen LogP contribution in [0, 0.1) is 12.8 Å². The quantitative estimate of drug-likeness (QED) is 0.249. The van der Waals surface area contributed by atoms with E-state index >= 15 is 0 Å². The van der Waals surface area contributed by atoms with Gasteiger partial charge in [0.05, 0.1) is 12.2 Å². The van der Waals surface area contributed by atoms with E-state index in [0.717, 1.165) is 36.1 Å². The smallest absolute Gasteiger partial charge is 0.263 e. The van der Waals surface area contributed by atoms with E-state index in [-0.39, 0.29) is 36.2 Å². The molecule has 1 saturated carbocycles. The molecule has 0 spiro atoms. The van der Waals surface area contributed by atoms with E-state index in [1.807, 2.05) is 49.4 Å². The highest BCUT2D eigenvalue weighted by molar-refractivity contribution is 7.18. The number of carbonyl (C=O) groups is 3. The summed E-state index contributed by atoms with van der Waals surface area (Å²) in [5, 5.41) is 12.7. The van der Waals surface area contributed by atoms with Crippen molar-refractivity contribution in [2.24, 2.45) is 11.7 Å². The number of hydrogen-bond donors (Lipinski definition) is 5. The molecule has 1 atom stereocenters. The lowest BCUT2D eigenvalue weighted by Crippen LogP contribution is -2.28. The van der Waals surface area contributed by atoms with Crippen molar-refractivity contribution in [2.75, 3.05) is 23.7 Å². The van der Waals surface area contributed by atoms with E-state index in [9.17, 15) is 14.4 Å². The van der Waals surface area contributed by atoms with Crippen molar-refractivity contribution in [3.05, 3.63) is 82.8 Å². The first-order valence-corrected chi connectivity index (χ1v) is 14.1. The summed E-state index contributed by atoms with van der Waals surface area (Å²) in [6.07, 6.45) is 11.1. The number of aryl methyl sites for hydroxylation is 1. The standard InChI is InChI=1S/C30H32N6O3S/c1-18-7-8-21(28(38)34-23-13-14-23)15-24(18)35-30-36-26(20-9-11-22(12-10-20)33-25(37)16-31)27(40-30)29(39)32-17-19-5-3-2-4-6-19/h2-5,7-12,15,19,23H,6,13-14,16-17,31H2,1H3,(H,32,39)(H,33,37)(H,34,38)(H,35,36). The predicted molar refractivity (Wildman–Crippen MR) is 159 cm³/mol. The maximum absolute atomic E-state index is 13.4. The van der Waals surface area contributed by atoms with Crippen LogP contribution in [0.1, 0.15) is 44.9 Å². The van der Waals surface area contributed by atoms with Crippen molar-refractivity contribution in [3.8, 4) is 11.3 Å². The molecule has 2 aromatic carbocycles. The van der Waals surface area contributed by atoms with Gasteiger partial charge in [0, 0.05) is 35.1 Å². The molecule has 6 N–H and O–H groups in total. The molecule has 10 heteroatoms. The van der Waals surface area contributed by atoms with E-state index in [2.05, 4.69) is 33.4 Å². The van der Waals surface area contributed by atoms with Crippen LogP contribution in [0.25, 0.3) is 11.3 Å². The molecule has 1 fully saturated rings. The van der Waals surface area contributed by atoms with Gasteiger partial charge in [-0.1, -0.05) is 53.8 Å². The summed E-state index contributed by atoms with van der Waals surface area (Å²) in [4.78, 5) is 42.9. The number of allylic oxidation sites excluding steroid dienone is 3. The first kappa shape index (κ1) is 27.3. The van der Waals surface area contributed by atoms with E-state index in [1.54, 1.807) is 12.1 Å². The summed E-state index contributed by atoms with van der Waals surface area (Å²) in [5.41, 5.74) is 9.53. The van der Waals surface area contributed by atoms with Crippen LogP contribution in [-0.4, -0.2) is 41.8 Å². The van der Waals surface area contributed by atoms with Gasteiger partial charge in [-0.3, -0.25) is 14.4 Å². The Labute approximate surface area is 237 Å². The molecule has 5 rings (SSSR count). The first-order valence-electron chi connectivity index (χ1n) is 13.3. The Bertz CT molecular complexity index is 1470. The zero-order valence-corrected chi connectivity index (χ0v) is 23.0. The van der Waals surface area contributed by atoms with Gasteiger partial charge in [0.1, 0.15) is 4.88 Å². The fourth-order valence-electron chi connectivity index (χ4n) is 4.24. The number of benzene rings is 2. The van der Waals surface area contributed by atoms with Crippen LogP contribution in [-0.2, 0) is 4.79 Å². The number of thiazole rings is 1. The maximum Gasteiger partial charge on any atom is 0.263 e. The van der Waals surface area contributed by atoms with Gasteiger partial charge in [-0.15, -0.1) is 0 Å². The Kier molecular flexibility index (Phi) is 8.37. The van der Waals surface area contributed by atoms with Gasteiger partial charge in [-0.25, -0.2) is 4.98 Å². The van der Waals surface area contributed by atoms with Gasteiger partial charge in [0.25, 0.3) is 11.8 Å². The summed E-state index contributed by atoms with van der Waals surface area (Å²) in [6, 6.07) is 12.9. The Balaban J connectivity index is 1.40. The zero-order chi connectivity index (χ0) is 28.1. The number of aromatic nitrogens is 1. The summed E-state index contributed by atoms with van der Waals surface area (Å²) in [5.74, 6) is -0.360. The number of anilines is 3. The van der Waals surface area contributed by atoms with Crippen molar-refractivity contribution in [1.82, 2.24) is 15.6 Å². The van der Waals surface area contributed by atoms with Gasteiger partial charge in [0.15, 0.2) is 5.13 Å². The minimum absolute atomic E-state index is 0.0983. The fourth-order valence-corrected chi connectivity index (χ4v) is 5.16. The molecule has 2 aliphatic rings. The molecule has 2 aliphatic carbocycles. The van der Waals surface area contributed by atoms with Gasteiger partial charge < -0.3 is 27.0 Å². The van der Waals surface area contributed by atoms with Crippen molar-refractivity contribution < 1.29 is 14.4 Å². The summed E-state index contributed by atoms with van der Waals surface area (Å²) >= 11 is 1.25. The third-order valence-electron chi connectivity index (χ3n) is 6.71. The van der Waals surface area contributed by atoms with E-state index in [1.165, 1.54) is 11.3 Å². The molecule has 1 heterocycles. The monoisotopic (exact) mass is 556 g/mol. The lowest BCUT2D eigenvalue weighted by Gasteiger charge is -2.13. The van der Waals surface area contributed by atoms with E-state index in [0.29, 0.717) is 33.5 Å². The van der Waals surface area contributed by atoms with Crippen LogP contribution in [0.3, 0.4) is 0 Å². The Morgan fingerprint density at radius 1 is 1.05 bits per heavy atom. The molecule has 1 aromatic heterocycles. The average molecular weight is 557 g/mol. The average Bonchev–Trinajstić information content (AvgIpc) is 3.69. The molecule has 206 valence electrons. The van der Waals surface area contributed by atoms with E-state index in [4.69, 9.17) is 10.7 Å². The first-order chi connectivity index (χ1) is 19.4. The Morgan fingerprint density at radius 2 is 1.85 bits per heavy atom. The van der Waals surface area contributed by atoms with Crippen LogP contribution in [0.4, 0.5) is 16.5 Å². The molecule has 40 heavy (non-hydrogen) atoms. The highest BCUT2D eigenvalue weighted by Gasteiger charge is 2.24. The van der Waals surface area contributed by atoms with Gasteiger partial charge >= 0.3 is 0 Å². The molecular formula is C30H32N6O3S. The lowest BCUT2D eigenvalue weighted by atomic mass is 10.0. The van der Waals surface area contributed by atoms with Gasteiger partial charge in [-0.05, 0) is 61.9 Å². The van der Waals surface area contributed by atoms with Crippen molar-refractivity contribution >= 4 is 45.6 Å². The van der Waals surface area contributed by atoms with Crippen molar-refractivity contribution in [1.29, 1.82) is 0 Å². The number of rotatable bonds is 10. The third-order valence-corrected chi connectivity index (χ3v) is 7.68. The summed E-state index contributed by atoms with van der Waals surface area (Å²) < 4.78 is 0. The Hall–Kier alpha value is -4.28. The van der Waals surface area contributed by atoms with Gasteiger partial charge in [0.2, 0.25) is 5.91 Å². The molecule has 1 unspecified atom stereocenters. The maximum atomic E-state index is 13.4. The van der Waals surface area contributed by atoms with Crippen LogP contribution < -0.4 is 27.0 Å². The normalized spacial score (nSPS) is 15.9. The number of carbonyl (C=O) groups excluding carboxylic acids is 3. The number of amides is 3. The molecular weight excluding hydrogens is 524 g/mol. The van der Waals surface area contributed by atoms with Crippen molar-refractivity contribution in [2.45, 2.75) is 32.2 Å². The highest BCUT2D eigenvalue weighted by Crippen LogP contribution is 2.34. The molecule has 3 amide bonds. The molecule has 0 saturated heterocycles. The Morgan fingerprint density at radius 3 is 2.55 bits per heavy atom. The zero-order valence-electron chi connectivity index (χ0n) is 22.2. The van der Waals surface area contributed by atoms with Crippen LogP contribution in [0.15, 0.2) is 66.8 Å². The molecule has 9 nitrogen and oxygen atoms in total. The molecule has 3 aromatic rings. The summed E-state index contributed by atoms with van der Waals surface area (Å²) in [6.45, 7) is 2.36. The highest BCUT2D eigenvalue weighted by atomic mass is 32.1. The third kappa shape index (κ3) is 6.83. The SMILES string of the molecule is Cc1ccc(C(=O)NC2CC2)cc1Nc1nc(-c2ccc(NC(=O)CN)cc2)c(C(=O)NCC2C=CC=CC2)s1. The van der Waals surface area contributed by atoms with Crippen LogP contribution in [0.5, 0.6) is 0 Å². The minimum Gasteiger partial charge on any atom is -0.351 e. The fraction of sp³-hybridized carbons (Fsp3) is 0.267. The largest absolute Gasteiger partial charge is 0.351 e. The number of nitrogens with zero attached hydrogens (tertiary/aromatic N) is 1. The second-order valence-corrected chi connectivity index (χ2v) is 10.9. The van der Waals surface area contributed by atoms with Crippen LogP contribution in [0.2, 0.25) is 0 Å². The van der Waals surface area contributed by atoms with Crippen molar-refractivity contribution in [3.63, 3.8) is 0 Å². The van der Waals surface area contributed by atoms with Gasteiger partial charge in [-0.2, -0.15) is 0 Å². The number of hydrogen-bond acceptors (Lipinski definition) is 7. The predicted octanol–water partition coefficient (Wildman–Crippen LogP) is 4.51. The number of nitrogens with one attached hydrogen (secondary N) is 4. The topological polar surface area (TPSA) is 138 Å². The molecule has 0 radical (unpaired) electrons. The second-order valence-electron chi connectivity index (χ2n) is 9.95. The number of nitrogens with two attached hydrogens (primary N) is 1. The summed E-state index contributed by atoms with van der Waals surface area (Å²) in [7, 11) is 0. The van der Waals surface area contributed by atoms with Crippen LogP contribution >= 0.6 is 11.3 Å². The second kappa shape index (κ2) is 12.3. The molecule has 0 aliphatic heterocycles. The molecule has 0 bridgehead atoms.